The zero-order valence-electron chi connectivity index (χ0n) is 11.7. The summed E-state index contributed by atoms with van der Waals surface area (Å²) < 4.78 is 5.69. The van der Waals surface area contributed by atoms with E-state index in [-0.39, 0.29) is 0 Å². The van der Waals surface area contributed by atoms with Crippen LogP contribution in [0.2, 0.25) is 0 Å². The highest BCUT2D eigenvalue weighted by atomic mass is 16.5. The molecule has 1 heterocycles. The Kier molecular flexibility index (Phi) is 9.72. The van der Waals surface area contributed by atoms with Gasteiger partial charge in [-0.1, -0.05) is 45.4 Å². The van der Waals surface area contributed by atoms with Crippen molar-refractivity contribution in [1.29, 1.82) is 0 Å². The van der Waals surface area contributed by atoms with E-state index in [9.17, 15) is 0 Å². The van der Waals surface area contributed by atoms with Gasteiger partial charge in [-0.3, -0.25) is 0 Å². The van der Waals surface area contributed by atoms with Crippen LogP contribution in [0.25, 0.3) is 0 Å². The number of hydrogen-bond donors (Lipinski definition) is 1. The summed E-state index contributed by atoms with van der Waals surface area (Å²) >= 11 is 0. The van der Waals surface area contributed by atoms with Crippen LogP contribution in [0.4, 0.5) is 0 Å². The van der Waals surface area contributed by atoms with Gasteiger partial charge in [0, 0.05) is 13.2 Å². The first-order valence-corrected chi connectivity index (χ1v) is 7.76. The molecule has 2 nitrogen and oxygen atoms in total. The van der Waals surface area contributed by atoms with E-state index in [1.54, 1.807) is 0 Å². The summed E-state index contributed by atoms with van der Waals surface area (Å²) in [5.41, 5.74) is 0. The van der Waals surface area contributed by atoms with Crippen LogP contribution in [0.3, 0.4) is 0 Å². The van der Waals surface area contributed by atoms with Crippen LogP contribution in [-0.4, -0.2) is 25.8 Å². The molecule has 0 aromatic rings. The van der Waals surface area contributed by atoms with Crippen molar-refractivity contribution < 1.29 is 4.74 Å². The molecule has 0 aliphatic carbocycles. The first kappa shape index (κ1) is 15.0. The summed E-state index contributed by atoms with van der Waals surface area (Å²) in [4.78, 5) is 0. The molecule has 1 saturated heterocycles. The highest BCUT2D eigenvalue weighted by Crippen LogP contribution is 2.11. The maximum Gasteiger partial charge on any atom is 0.0699 e. The summed E-state index contributed by atoms with van der Waals surface area (Å²) in [6.07, 6.45) is 14.1. The second kappa shape index (κ2) is 11.0. The van der Waals surface area contributed by atoms with Crippen LogP contribution in [-0.2, 0) is 4.74 Å². The number of unbranched alkanes of at least 4 members (excludes halogenated alkanes) is 6. The smallest absolute Gasteiger partial charge is 0.0699 e. The predicted molar refractivity (Wildman–Crippen MR) is 74.5 cm³/mol. The molecule has 0 spiro atoms. The molecule has 0 amide bonds. The summed E-state index contributed by atoms with van der Waals surface area (Å²) in [6.45, 7) is 5.49. The molecular weight excluding hydrogens is 210 g/mol. The van der Waals surface area contributed by atoms with Gasteiger partial charge in [0.15, 0.2) is 0 Å². The van der Waals surface area contributed by atoms with E-state index in [0.717, 1.165) is 13.2 Å². The van der Waals surface area contributed by atoms with E-state index in [0.29, 0.717) is 6.10 Å². The maximum atomic E-state index is 5.69. The van der Waals surface area contributed by atoms with Gasteiger partial charge in [-0.2, -0.15) is 0 Å². The molecule has 1 aliphatic rings. The van der Waals surface area contributed by atoms with Gasteiger partial charge in [0.25, 0.3) is 0 Å². The Morgan fingerprint density at radius 1 is 1.00 bits per heavy atom. The lowest BCUT2D eigenvalue weighted by Crippen LogP contribution is -2.32. The Morgan fingerprint density at radius 3 is 2.47 bits per heavy atom. The van der Waals surface area contributed by atoms with Gasteiger partial charge in [0.05, 0.1) is 6.10 Å². The van der Waals surface area contributed by atoms with Gasteiger partial charge in [-0.05, 0) is 32.2 Å². The van der Waals surface area contributed by atoms with E-state index in [1.165, 1.54) is 70.8 Å². The van der Waals surface area contributed by atoms with Crippen LogP contribution in [0.1, 0.15) is 71.1 Å². The van der Waals surface area contributed by atoms with Crippen molar-refractivity contribution in [3.8, 4) is 0 Å². The SMILES string of the molecule is CCCCCCCCCNCC1CCCCO1. The summed E-state index contributed by atoms with van der Waals surface area (Å²) in [5.74, 6) is 0. The minimum atomic E-state index is 0.494. The summed E-state index contributed by atoms with van der Waals surface area (Å²) in [7, 11) is 0. The van der Waals surface area contributed by atoms with Crippen molar-refractivity contribution in [2.45, 2.75) is 77.2 Å². The third kappa shape index (κ3) is 8.62. The first-order valence-electron chi connectivity index (χ1n) is 7.76. The first-order chi connectivity index (χ1) is 8.43. The third-order valence-electron chi connectivity index (χ3n) is 3.60. The molecule has 1 fully saturated rings. The monoisotopic (exact) mass is 241 g/mol. The maximum absolute atomic E-state index is 5.69. The van der Waals surface area contributed by atoms with Crippen molar-refractivity contribution in [2.75, 3.05) is 19.7 Å². The molecule has 2 heteroatoms. The molecule has 1 unspecified atom stereocenters. The quantitative estimate of drug-likeness (QED) is 0.586. The number of nitrogens with one attached hydrogen (secondary N) is 1. The highest BCUT2D eigenvalue weighted by molar-refractivity contribution is 4.66. The second-order valence-electron chi connectivity index (χ2n) is 5.31. The van der Waals surface area contributed by atoms with Crippen LogP contribution in [0.5, 0.6) is 0 Å². The van der Waals surface area contributed by atoms with Gasteiger partial charge in [-0.15, -0.1) is 0 Å². The fraction of sp³-hybridized carbons (Fsp3) is 1.00. The van der Waals surface area contributed by atoms with Crippen molar-refractivity contribution in [3.05, 3.63) is 0 Å². The fourth-order valence-electron chi connectivity index (χ4n) is 2.44. The molecule has 0 bridgehead atoms. The zero-order valence-corrected chi connectivity index (χ0v) is 11.7. The summed E-state index contributed by atoms with van der Waals surface area (Å²) in [6, 6.07) is 0. The molecule has 17 heavy (non-hydrogen) atoms. The number of hydrogen-bond acceptors (Lipinski definition) is 2. The summed E-state index contributed by atoms with van der Waals surface area (Å²) in [5, 5.41) is 3.53. The third-order valence-corrected chi connectivity index (χ3v) is 3.60. The molecule has 0 saturated carbocycles. The van der Waals surface area contributed by atoms with Gasteiger partial charge in [-0.25, -0.2) is 0 Å². The average Bonchev–Trinajstić information content (AvgIpc) is 2.38. The van der Waals surface area contributed by atoms with Crippen molar-refractivity contribution in [2.24, 2.45) is 0 Å². The van der Waals surface area contributed by atoms with E-state index in [4.69, 9.17) is 4.74 Å². The van der Waals surface area contributed by atoms with E-state index >= 15 is 0 Å². The zero-order chi connectivity index (χ0) is 12.2. The van der Waals surface area contributed by atoms with Gasteiger partial charge < -0.3 is 10.1 Å². The van der Waals surface area contributed by atoms with Crippen molar-refractivity contribution in [1.82, 2.24) is 5.32 Å². The van der Waals surface area contributed by atoms with Crippen LogP contribution >= 0.6 is 0 Å². The largest absolute Gasteiger partial charge is 0.377 e. The van der Waals surface area contributed by atoms with Crippen LogP contribution in [0.15, 0.2) is 0 Å². The van der Waals surface area contributed by atoms with E-state index in [2.05, 4.69) is 12.2 Å². The van der Waals surface area contributed by atoms with Crippen molar-refractivity contribution >= 4 is 0 Å². The topological polar surface area (TPSA) is 21.3 Å². The van der Waals surface area contributed by atoms with Gasteiger partial charge >= 0.3 is 0 Å². The fourth-order valence-corrected chi connectivity index (χ4v) is 2.44. The van der Waals surface area contributed by atoms with Gasteiger partial charge in [0.2, 0.25) is 0 Å². The normalized spacial score (nSPS) is 20.6. The lowest BCUT2D eigenvalue weighted by Gasteiger charge is -2.22. The molecule has 1 aliphatic heterocycles. The average molecular weight is 241 g/mol. The van der Waals surface area contributed by atoms with E-state index < -0.39 is 0 Å². The lowest BCUT2D eigenvalue weighted by atomic mass is 10.1. The molecule has 0 radical (unpaired) electrons. The molecule has 1 rings (SSSR count). The molecule has 102 valence electrons. The minimum Gasteiger partial charge on any atom is -0.377 e. The van der Waals surface area contributed by atoms with Gasteiger partial charge in [0.1, 0.15) is 0 Å². The molecule has 1 N–H and O–H groups in total. The Balaban J connectivity index is 1.75. The highest BCUT2D eigenvalue weighted by Gasteiger charge is 2.12. The number of rotatable bonds is 10. The van der Waals surface area contributed by atoms with Crippen molar-refractivity contribution in [3.63, 3.8) is 0 Å². The Hall–Kier alpha value is -0.0800. The molecular formula is C15H31NO. The minimum absolute atomic E-state index is 0.494. The molecule has 0 aromatic carbocycles. The molecule has 0 aromatic heterocycles. The van der Waals surface area contributed by atoms with Crippen LogP contribution in [0, 0.1) is 0 Å². The molecule has 1 atom stereocenters. The second-order valence-corrected chi connectivity index (χ2v) is 5.31. The lowest BCUT2D eigenvalue weighted by molar-refractivity contribution is 0.0170. The predicted octanol–water partition coefficient (Wildman–Crippen LogP) is 3.90. The Morgan fingerprint density at radius 2 is 1.76 bits per heavy atom. The van der Waals surface area contributed by atoms with E-state index in [1.807, 2.05) is 0 Å². The van der Waals surface area contributed by atoms with Crippen LogP contribution < -0.4 is 5.32 Å². The standard InChI is InChI=1S/C15H31NO/c1-2-3-4-5-6-7-9-12-16-14-15-11-8-10-13-17-15/h15-16H,2-14H2,1H3. The Bertz CT molecular complexity index is 155. The Labute approximate surface area is 108 Å². The number of ether oxygens (including phenoxy) is 1.